The zero-order valence-corrected chi connectivity index (χ0v) is 19.4. The average molecular weight is 473 g/mol. The SMILES string of the molecule is CC(O)(Cc1ccc(OCN=C=S)cc1)C(=O)C(C)(O)Cc1ccc(OCN=C=S)cc1. The third kappa shape index (κ3) is 7.73. The first kappa shape index (κ1) is 25.5. The van der Waals surface area contributed by atoms with Crippen molar-refractivity contribution in [1.82, 2.24) is 0 Å². The van der Waals surface area contributed by atoms with Crippen molar-refractivity contribution in [2.75, 3.05) is 13.5 Å². The first-order valence-corrected chi connectivity index (χ1v) is 10.5. The van der Waals surface area contributed by atoms with Gasteiger partial charge < -0.3 is 19.7 Å². The molecule has 0 spiro atoms. The van der Waals surface area contributed by atoms with Gasteiger partial charge in [-0.1, -0.05) is 24.3 Å². The zero-order chi connectivity index (χ0) is 23.6. The number of aliphatic imine (C=N–C) groups is 2. The number of benzene rings is 2. The summed E-state index contributed by atoms with van der Waals surface area (Å²) in [7, 11) is 0. The van der Waals surface area contributed by atoms with E-state index in [0.29, 0.717) is 22.6 Å². The van der Waals surface area contributed by atoms with Crippen molar-refractivity contribution < 1.29 is 24.5 Å². The second-order valence-electron chi connectivity index (χ2n) is 7.56. The van der Waals surface area contributed by atoms with Gasteiger partial charge in [0.1, 0.15) is 22.7 Å². The van der Waals surface area contributed by atoms with Gasteiger partial charge in [0.2, 0.25) is 0 Å². The van der Waals surface area contributed by atoms with Crippen molar-refractivity contribution in [2.45, 2.75) is 37.9 Å². The molecule has 7 nitrogen and oxygen atoms in total. The molecule has 9 heteroatoms. The van der Waals surface area contributed by atoms with E-state index in [-0.39, 0.29) is 26.3 Å². The molecule has 2 N–H and O–H groups in total. The third-order valence-corrected chi connectivity index (χ3v) is 4.90. The fourth-order valence-corrected chi connectivity index (χ4v) is 3.31. The molecule has 0 amide bonds. The molecule has 0 radical (unpaired) electrons. The van der Waals surface area contributed by atoms with Crippen LogP contribution in [0.3, 0.4) is 0 Å². The maximum atomic E-state index is 13.0. The van der Waals surface area contributed by atoms with E-state index in [4.69, 9.17) is 9.47 Å². The van der Waals surface area contributed by atoms with Crippen LogP contribution in [-0.2, 0) is 17.6 Å². The van der Waals surface area contributed by atoms with Gasteiger partial charge in [-0.25, -0.2) is 0 Å². The average Bonchev–Trinajstić information content (AvgIpc) is 2.75. The maximum Gasteiger partial charge on any atom is 0.195 e. The van der Waals surface area contributed by atoms with Gasteiger partial charge in [-0.15, -0.1) is 0 Å². The summed E-state index contributed by atoms with van der Waals surface area (Å²) in [6.45, 7) is 2.93. The number of isothiocyanates is 2. The minimum atomic E-state index is -1.77. The lowest BCUT2D eigenvalue weighted by Gasteiger charge is -2.31. The van der Waals surface area contributed by atoms with Gasteiger partial charge in [0, 0.05) is 12.8 Å². The van der Waals surface area contributed by atoms with Gasteiger partial charge in [0.25, 0.3) is 0 Å². The summed E-state index contributed by atoms with van der Waals surface area (Å²) >= 11 is 8.95. The first-order valence-electron chi connectivity index (χ1n) is 9.68. The standard InChI is InChI=1S/C23H24N2O5S2/c1-22(27,11-17-3-7-19(8-4-17)29-13-24-15-31)21(26)23(2,28)12-18-5-9-20(10-6-18)30-14-25-16-32/h3-10,27-28H,11-14H2,1-2H3. The number of thiocarbonyl (C=S) groups is 2. The minimum absolute atomic E-state index is 0.0352. The highest BCUT2D eigenvalue weighted by molar-refractivity contribution is 7.78. The number of ether oxygens (including phenoxy) is 2. The predicted octanol–water partition coefficient (Wildman–Crippen LogP) is 3.42. The predicted molar refractivity (Wildman–Crippen MR) is 128 cm³/mol. The number of hydrogen-bond donors (Lipinski definition) is 2. The molecule has 0 aliphatic heterocycles. The number of carbonyl (C=O) groups excluding carboxylic acids is 1. The van der Waals surface area contributed by atoms with Crippen LogP contribution >= 0.6 is 24.4 Å². The Morgan fingerprint density at radius 3 is 1.47 bits per heavy atom. The Kier molecular flexibility index (Phi) is 9.35. The van der Waals surface area contributed by atoms with Crippen LogP contribution in [0.25, 0.3) is 0 Å². The summed E-state index contributed by atoms with van der Waals surface area (Å²) < 4.78 is 10.7. The van der Waals surface area contributed by atoms with Crippen LogP contribution in [0.5, 0.6) is 11.5 Å². The lowest BCUT2D eigenvalue weighted by Crippen LogP contribution is -2.52. The molecular weight excluding hydrogens is 448 g/mol. The molecule has 2 atom stereocenters. The van der Waals surface area contributed by atoms with Crippen LogP contribution in [0.1, 0.15) is 25.0 Å². The second-order valence-corrected chi connectivity index (χ2v) is 7.93. The molecule has 2 rings (SSSR count). The van der Waals surface area contributed by atoms with Crippen molar-refractivity contribution >= 4 is 40.5 Å². The number of ketones is 1. The minimum Gasteiger partial charge on any atom is -0.471 e. The van der Waals surface area contributed by atoms with E-state index in [2.05, 4.69) is 44.7 Å². The van der Waals surface area contributed by atoms with E-state index in [9.17, 15) is 15.0 Å². The molecule has 0 saturated carbocycles. The Morgan fingerprint density at radius 1 is 0.812 bits per heavy atom. The number of hydrogen-bond acceptors (Lipinski definition) is 9. The van der Waals surface area contributed by atoms with Gasteiger partial charge in [0.05, 0.1) is 10.3 Å². The van der Waals surface area contributed by atoms with Gasteiger partial charge in [-0.05, 0) is 73.7 Å². The highest BCUT2D eigenvalue weighted by Crippen LogP contribution is 2.26. The van der Waals surface area contributed by atoms with Crippen molar-refractivity contribution in [3.05, 3.63) is 59.7 Å². The number of Topliss-reactive ketones (excluding diaryl/α,β-unsaturated/α-hetero) is 1. The number of rotatable bonds is 12. The molecule has 0 aromatic heterocycles. The Labute approximate surface area is 197 Å². The van der Waals surface area contributed by atoms with Crippen LogP contribution in [0.2, 0.25) is 0 Å². The molecule has 2 aromatic rings. The van der Waals surface area contributed by atoms with Crippen molar-refractivity contribution in [3.8, 4) is 11.5 Å². The van der Waals surface area contributed by atoms with Gasteiger partial charge in [-0.3, -0.25) is 4.79 Å². The molecule has 2 unspecified atom stereocenters. The molecule has 0 fully saturated rings. The summed E-state index contributed by atoms with van der Waals surface area (Å²) in [6.07, 6.45) is 0.0705. The second kappa shape index (κ2) is 11.7. The summed E-state index contributed by atoms with van der Waals surface area (Å²) in [5, 5.41) is 26.1. The monoisotopic (exact) mass is 472 g/mol. The molecule has 2 aromatic carbocycles. The van der Waals surface area contributed by atoms with Crippen molar-refractivity contribution in [1.29, 1.82) is 0 Å². The van der Waals surface area contributed by atoms with E-state index < -0.39 is 17.0 Å². The van der Waals surface area contributed by atoms with Crippen LogP contribution in [0, 0.1) is 0 Å². The largest absolute Gasteiger partial charge is 0.471 e. The molecular formula is C23H24N2O5S2. The number of aliphatic hydroxyl groups is 2. The first-order chi connectivity index (χ1) is 15.2. The van der Waals surface area contributed by atoms with E-state index >= 15 is 0 Å². The van der Waals surface area contributed by atoms with Crippen LogP contribution in [-0.4, -0.2) is 51.0 Å². The number of nitrogens with zero attached hydrogens (tertiary/aromatic N) is 2. The van der Waals surface area contributed by atoms with Crippen LogP contribution < -0.4 is 9.47 Å². The van der Waals surface area contributed by atoms with Gasteiger partial charge in [-0.2, -0.15) is 9.98 Å². The molecule has 168 valence electrons. The Morgan fingerprint density at radius 2 is 1.16 bits per heavy atom. The van der Waals surface area contributed by atoms with E-state index in [0.717, 1.165) is 0 Å². The Balaban J connectivity index is 2.02. The quantitative estimate of drug-likeness (QED) is 0.361. The lowest BCUT2D eigenvalue weighted by atomic mass is 9.80. The fourth-order valence-electron chi connectivity index (χ4n) is 3.21. The maximum absolute atomic E-state index is 13.0. The van der Waals surface area contributed by atoms with Gasteiger partial charge >= 0.3 is 0 Å². The molecule has 0 saturated heterocycles. The van der Waals surface area contributed by atoms with Crippen LogP contribution in [0.4, 0.5) is 0 Å². The van der Waals surface area contributed by atoms with Crippen LogP contribution in [0.15, 0.2) is 58.5 Å². The summed E-state index contributed by atoms with van der Waals surface area (Å²) in [5.74, 6) is 0.473. The molecule has 0 heterocycles. The van der Waals surface area contributed by atoms with Crippen molar-refractivity contribution in [3.63, 3.8) is 0 Å². The summed E-state index contributed by atoms with van der Waals surface area (Å²) in [6, 6.07) is 13.8. The molecule has 0 aliphatic carbocycles. The molecule has 0 aliphatic rings. The topological polar surface area (TPSA) is 101 Å². The van der Waals surface area contributed by atoms with E-state index in [1.54, 1.807) is 48.5 Å². The smallest absolute Gasteiger partial charge is 0.195 e. The highest BCUT2D eigenvalue weighted by Gasteiger charge is 2.42. The van der Waals surface area contributed by atoms with E-state index in [1.807, 2.05) is 0 Å². The lowest BCUT2D eigenvalue weighted by molar-refractivity contribution is -0.153. The zero-order valence-electron chi connectivity index (χ0n) is 17.8. The fraction of sp³-hybridized carbons (Fsp3) is 0.348. The molecule has 32 heavy (non-hydrogen) atoms. The molecule has 0 bridgehead atoms. The Bertz CT molecular complexity index is 926. The summed E-state index contributed by atoms with van der Waals surface area (Å²) in [5.41, 5.74) is -2.11. The van der Waals surface area contributed by atoms with Gasteiger partial charge in [0.15, 0.2) is 19.2 Å². The number of carbonyl (C=O) groups is 1. The normalized spacial score (nSPS) is 14.1. The van der Waals surface area contributed by atoms with Crippen molar-refractivity contribution in [2.24, 2.45) is 9.98 Å². The third-order valence-electron chi connectivity index (χ3n) is 4.64. The van der Waals surface area contributed by atoms with E-state index in [1.165, 1.54) is 13.8 Å². The highest BCUT2D eigenvalue weighted by atomic mass is 32.1. The summed E-state index contributed by atoms with van der Waals surface area (Å²) in [4.78, 5) is 20.3. The Hall–Kier alpha value is -2.77.